The minimum absolute atomic E-state index is 0.889. The van der Waals surface area contributed by atoms with Crippen molar-refractivity contribution in [3.8, 4) is 0 Å². The van der Waals surface area contributed by atoms with Crippen molar-refractivity contribution in [3.05, 3.63) is 0 Å². The molecule has 0 heterocycles. The van der Waals surface area contributed by atoms with E-state index in [1.165, 1.54) is 57.8 Å². The van der Waals surface area contributed by atoms with Crippen molar-refractivity contribution in [1.82, 2.24) is 0 Å². The van der Waals surface area contributed by atoms with Crippen LogP contribution in [0.2, 0.25) is 0 Å². The summed E-state index contributed by atoms with van der Waals surface area (Å²) in [6.45, 7) is 9.38. The van der Waals surface area contributed by atoms with Crippen molar-refractivity contribution in [2.24, 2.45) is 11.8 Å². The maximum Gasteiger partial charge on any atom is -0.0391 e. The predicted molar refractivity (Wildman–Crippen MR) is 71.2 cm³/mol. The summed E-state index contributed by atoms with van der Waals surface area (Å²) in [4.78, 5) is 0. The Morgan fingerprint density at radius 1 is 0.667 bits per heavy atom. The van der Waals surface area contributed by atoms with Gasteiger partial charge in [-0.15, -0.1) is 0 Å². The van der Waals surface area contributed by atoms with Crippen LogP contribution in [0.3, 0.4) is 0 Å². The van der Waals surface area contributed by atoms with Crippen molar-refractivity contribution in [2.75, 3.05) is 0 Å². The Bertz CT molecular complexity index is 115. The molecule has 0 aliphatic carbocycles. The van der Waals surface area contributed by atoms with Gasteiger partial charge in [0.2, 0.25) is 0 Å². The Balaban J connectivity index is 3.37. The SMILES string of the molecule is CCCCCCCCC(CCC)C(C)C. The average molecular weight is 212 g/mol. The topological polar surface area (TPSA) is 0 Å². The molecule has 0 saturated carbocycles. The van der Waals surface area contributed by atoms with E-state index >= 15 is 0 Å². The third-order valence-electron chi connectivity index (χ3n) is 3.53. The van der Waals surface area contributed by atoms with Crippen LogP contribution in [0.25, 0.3) is 0 Å². The summed E-state index contributed by atoms with van der Waals surface area (Å²) >= 11 is 0. The van der Waals surface area contributed by atoms with E-state index in [9.17, 15) is 0 Å². The van der Waals surface area contributed by atoms with E-state index < -0.39 is 0 Å². The third kappa shape index (κ3) is 8.96. The lowest BCUT2D eigenvalue weighted by atomic mass is 9.86. The molecule has 0 aliphatic heterocycles. The molecule has 0 heteroatoms. The zero-order valence-electron chi connectivity index (χ0n) is 11.5. The fourth-order valence-electron chi connectivity index (χ4n) is 2.37. The first kappa shape index (κ1) is 15.0. The fourth-order valence-corrected chi connectivity index (χ4v) is 2.37. The Morgan fingerprint density at radius 2 is 1.27 bits per heavy atom. The summed E-state index contributed by atoms with van der Waals surface area (Å²) in [6, 6.07) is 0. The summed E-state index contributed by atoms with van der Waals surface area (Å²) in [7, 11) is 0. The van der Waals surface area contributed by atoms with Crippen molar-refractivity contribution in [2.45, 2.75) is 85.5 Å². The molecular weight excluding hydrogens is 180 g/mol. The summed E-state index contributed by atoms with van der Waals surface area (Å²) < 4.78 is 0. The van der Waals surface area contributed by atoms with Gasteiger partial charge in [0.25, 0.3) is 0 Å². The Morgan fingerprint density at radius 3 is 1.80 bits per heavy atom. The second kappa shape index (κ2) is 10.5. The van der Waals surface area contributed by atoms with Gasteiger partial charge in [-0.25, -0.2) is 0 Å². The first-order valence-electron chi connectivity index (χ1n) is 7.22. The minimum atomic E-state index is 0.889. The Hall–Kier alpha value is 0. The molecular formula is C15H32. The molecule has 0 N–H and O–H groups in total. The molecule has 0 fully saturated rings. The first-order valence-corrected chi connectivity index (χ1v) is 7.22. The zero-order valence-corrected chi connectivity index (χ0v) is 11.5. The predicted octanol–water partition coefficient (Wildman–Crippen LogP) is 5.81. The van der Waals surface area contributed by atoms with Crippen LogP contribution in [0.5, 0.6) is 0 Å². The van der Waals surface area contributed by atoms with E-state index in [-0.39, 0.29) is 0 Å². The summed E-state index contributed by atoms with van der Waals surface area (Å²) in [6.07, 6.45) is 12.9. The Kier molecular flexibility index (Phi) is 10.5. The highest BCUT2D eigenvalue weighted by atomic mass is 14.2. The molecule has 0 saturated heterocycles. The van der Waals surface area contributed by atoms with Gasteiger partial charge in [-0.1, -0.05) is 85.5 Å². The van der Waals surface area contributed by atoms with Gasteiger partial charge < -0.3 is 0 Å². The third-order valence-corrected chi connectivity index (χ3v) is 3.53. The van der Waals surface area contributed by atoms with E-state index in [4.69, 9.17) is 0 Å². The summed E-state index contributed by atoms with van der Waals surface area (Å²) in [5.41, 5.74) is 0. The van der Waals surface area contributed by atoms with E-state index in [1.54, 1.807) is 0 Å². The van der Waals surface area contributed by atoms with Gasteiger partial charge in [0.05, 0.1) is 0 Å². The number of hydrogen-bond acceptors (Lipinski definition) is 0. The largest absolute Gasteiger partial charge is 0.0654 e. The standard InChI is InChI=1S/C15H32/c1-5-7-8-9-10-11-13-15(12-6-2)14(3)4/h14-15H,5-13H2,1-4H3. The molecule has 92 valence electrons. The monoisotopic (exact) mass is 212 g/mol. The summed E-state index contributed by atoms with van der Waals surface area (Å²) in [5.74, 6) is 1.88. The highest BCUT2D eigenvalue weighted by molar-refractivity contribution is 4.62. The first-order chi connectivity index (χ1) is 7.22. The van der Waals surface area contributed by atoms with Crippen LogP contribution in [0.1, 0.15) is 85.5 Å². The zero-order chi connectivity index (χ0) is 11.5. The average Bonchev–Trinajstić information content (AvgIpc) is 2.21. The molecule has 1 atom stereocenters. The molecule has 0 radical (unpaired) electrons. The molecule has 0 nitrogen and oxygen atoms in total. The molecule has 15 heavy (non-hydrogen) atoms. The number of rotatable bonds is 10. The Labute approximate surface area is 97.8 Å². The van der Waals surface area contributed by atoms with Crippen LogP contribution in [-0.4, -0.2) is 0 Å². The van der Waals surface area contributed by atoms with Crippen LogP contribution in [-0.2, 0) is 0 Å². The summed E-state index contributed by atoms with van der Waals surface area (Å²) in [5, 5.41) is 0. The van der Waals surface area contributed by atoms with Gasteiger partial charge in [-0.05, 0) is 11.8 Å². The second-order valence-corrected chi connectivity index (χ2v) is 5.35. The van der Waals surface area contributed by atoms with Crippen molar-refractivity contribution < 1.29 is 0 Å². The van der Waals surface area contributed by atoms with Crippen LogP contribution >= 0.6 is 0 Å². The maximum absolute atomic E-state index is 2.39. The molecule has 0 aromatic heterocycles. The van der Waals surface area contributed by atoms with Gasteiger partial charge in [-0.3, -0.25) is 0 Å². The van der Waals surface area contributed by atoms with Gasteiger partial charge in [0, 0.05) is 0 Å². The van der Waals surface area contributed by atoms with E-state index in [1.807, 2.05) is 0 Å². The number of hydrogen-bond donors (Lipinski definition) is 0. The highest BCUT2D eigenvalue weighted by Crippen LogP contribution is 2.23. The molecule has 0 aromatic carbocycles. The molecule has 0 amide bonds. The normalized spacial score (nSPS) is 13.4. The molecule has 0 aliphatic rings. The highest BCUT2D eigenvalue weighted by Gasteiger charge is 2.11. The lowest BCUT2D eigenvalue weighted by Crippen LogP contribution is -2.08. The molecule has 0 aromatic rings. The number of unbranched alkanes of at least 4 members (excludes halogenated alkanes) is 5. The van der Waals surface area contributed by atoms with Crippen molar-refractivity contribution >= 4 is 0 Å². The quantitative estimate of drug-likeness (QED) is 0.401. The van der Waals surface area contributed by atoms with E-state index in [0.29, 0.717) is 0 Å². The van der Waals surface area contributed by atoms with Gasteiger partial charge in [-0.2, -0.15) is 0 Å². The van der Waals surface area contributed by atoms with Gasteiger partial charge in [0.1, 0.15) is 0 Å². The van der Waals surface area contributed by atoms with Gasteiger partial charge >= 0.3 is 0 Å². The van der Waals surface area contributed by atoms with Gasteiger partial charge in [0.15, 0.2) is 0 Å². The molecule has 0 rings (SSSR count). The lowest BCUT2D eigenvalue weighted by molar-refractivity contribution is 0.321. The van der Waals surface area contributed by atoms with Crippen molar-refractivity contribution in [3.63, 3.8) is 0 Å². The second-order valence-electron chi connectivity index (χ2n) is 5.35. The van der Waals surface area contributed by atoms with Crippen molar-refractivity contribution in [1.29, 1.82) is 0 Å². The molecule has 0 spiro atoms. The van der Waals surface area contributed by atoms with E-state index in [2.05, 4.69) is 27.7 Å². The smallest absolute Gasteiger partial charge is 0.0391 e. The van der Waals surface area contributed by atoms with Crippen LogP contribution in [0, 0.1) is 11.8 Å². The minimum Gasteiger partial charge on any atom is -0.0654 e. The lowest BCUT2D eigenvalue weighted by Gasteiger charge is -2.19. The molecule has 1 unspecified atom stereocenters. The van der Waals surface area contributed by atoms with E-state index in [0.717, 1.165) is 11.8 Å². The fraction of sp³-hybridized carbons (Fsp3) is 1.00. The molecule has 0 bridgehead atoms. The van der Waals surface area contributed by atoms with Crippen LogP contribution in [0.15, 0.2) is 0 Å². The van der Waals surface area contributed by atoms with Crippen LogP contribution in [0.4, 0.5) is 0 Å². The maximum atomic E-state index is 2.39. The van der Waals surface area contributed by atoms with Crippen LogP contribution < -0.4 is 0 Å².